The standard InChI is InChI=1S/C19H25FN2OS/c1-13(2)15-11-12-16(21-18(15)20)17(14-9-7-6-8-10-14)22-24(23)19(3,4)5/h6-13,17,22H,1-5H3/t17-,24?/m0/s1. The predicted octanol–water partition coefficient (Wildman–Crippen LogP) is 4.49. The van der Waals surface area contributed by atoms with E-state index in [9.17, 15) is 8.94 Å². The molecule has 24 heavy (non-hydrogen) atoms. The summed E-state index contributed by atoms with van der Waals surface area (Å²) in [5, 5.41) is 0. The van der Waals surface area contributed by atoms with Gasteiger partial charge in [-0.15, -0.1) is 4.72 Å². The second-order valence-corrected chi connectivity index (χ2v) is 9.11. The van der Waals surface area contributed by atoms with E-state index in [1.165, 1.54) is 0 Å². The maximum absolute atomic E-state index is 14.3. The van der Waals surface area contributed by atoms with Gasteiger partial charge in [0.2, 0.25) is 5.95 Å². The fourth-order valence-electron chi connectivity index (χ4n) is 2.28. The first-order chi connectivity index (χ1) is 11.2. The molecule has 0 radical (unpaired) electrons. The molecule has 0 aliphatic rings. The molecule has 1 aromatic carbocycles. The summed E-state index contributed by atoms with van der Waals surface area (Å²) < 4.78 is 29.6. The van der Waals surface area contributed by atoms with Gasteiger partial charge in [0.05, 0.1) is 5.69 Å². The molecule has 1 unspecified atom stereocenters. The van der Waals surface area contributed by atoms with Gasteiger partial charge in [0.1, 0.15) is 10.8 Å². The van der Waals surface area contributed by atoms with E-state index in [4.69, 9.17) is 0 Å². The van der Waals surface area contributed by atoms with Crippen LogP contribution in [-0.4, -0.2) is 14.3 Å². The van der Waals surface area contributed by atoms with Gasteiger partial charge in [-0.3, -0.25) is 0 Å². The number of pyridine rings is 1. The Hall–Kier alpha value is -1.43. The lowest BCUT2D eigenvalue weighted by atomic mass is 10.0. The van der Waals surface area contributed by atoms with Crippen molar-refractivity contribution in [1.82, 2.24) is 9.71 Å². The lowest BCUT2D eigenvalue weighted by Crippen LogP contribution is -2.41. The molecule has 0 saturated carbocycles. The van der Waals surface area contributed by atoms with E-state index in [-0.39, 0.29) is 5.92 Å². The van der Waals surface area contributed by atoms with Gasteiger partial charge in [-0.2, -0.15) is 4.39 Å². The molecule has 2 rings (SSSR count). The molecule has 2 aromatic rings. The largest absolute Gasteiger partial charge is 0.598 e. The molecule has 0 bridgehead atoms. The van der Waals surface area contributed by atoms with Crippen LogP contribution in [0.3, 0.4) is 0 Å². The number of rotatable bonds is 5. The summed E-state index contributed by atoms with van der Waals surface area (Å²) in [4.78, 5) is 4.14. The highest BCUT2D eigenvalue weighted by Gasteiger charge is 2.31. The first kappa shape index (κ1) is 18.9. The van der Waals surface area contributed by atoms with Gasteiger partial charge in [-0.1, -0.05) is 50.2 Å². The van der Waals surface area contributed by atoms with Crippen LogP contribution >= 0.6 is 0 Å². The molecule has 2 atom stereocenters. The first-order valence-corrected chi connectivity index (χ1v) is 9.24. The Kier molecular flexibility index (Phi) is 6.01. The van der Waals surface area contributed by atoms with E-state index in [0.29, 0.717) is 11.3 Å². The third kappa shape index (κ3) is 4.56. The van der Waals surface area contributed by atoms with Crippen LogP contribution in [-0.2, 0) is 11.4 Å². The van der Waals surface area contributed by atoms with Crippen LogP contribution in [0.5, 0.6) is 0 Å². The molecule has 130 valence electrons. The smallest absolute Gasteiger partial charge is 0.216 e. The Labute approximate surface area is 147 Å². The lowest BCUT2D eigenvalue weighted by molar-refractivity contribution is 0.523. The van der Waals surface area contributed by atoms with Gasteiger partial charge in [0.15, 0.2) is 0 Å². The first-order valence-electron chi connectivity index (χ1n) is 8.09. The highest BCUT2D eigenvalue weighted by Crippen LogP contribution is 2.26. The molecule has 1 heterocycles. The lowest BCUT2D eigenvalue weighted by Gasteiger charge is -2.28. The zero-order valence-electron chi connectivity index (χ0n) is 14.8. The van der Waals surface area contributed by atoms with Crippen molar-refractivity contribution in [1.29, 1.82) is 0 Å². The van der Waals surface area contributed by atoms with Crippen molar-refractivity contribution in [3.8, 4) is 0 Å². The number of benzene rings is 1. The summed E-state index contributed by atoms with van der Waals surface area (Å²) in [5.74, 6) is -0.398. The molecule has 0 aliphatic carbocycles. The van der Waals surface area contributed by atoms with Crippen LogP contribution in [0.4, 0.5) is 4.39 Å². The van der Waals surface area contributed by atoms with Crippen LogP contribution in [0.1, 0.15) is 63.4 Å². The number of hydrogen-bond acceptors (Lipinski definition) is 3. The van der Waals surface area contributed by atoms with Gasteiger partial charge in [-0.05, 0) is 38.3 Å². The van der Waals surface area contributed by atoms with E-state index in [1.54, 1.807) is 6.07 Å². The van der Waals surface area contributed by atoms with Crippen molar-refractivity contribution in [2.45, 2.75) is 51.3 Å². The molecule has 0 amide bonds. The second-order valence-electron chi connectivity index (χ2n) is 7.11. The number of nitrogens with zero attached hydrogens (tertiary/aromatic N) is 1. The van der Waals surface area contributed by atoms with Gasteiger partial charge >= 0.3 is 0 Å². The Balaban J connectivity index is 2.41. The fraction of sp³-hybridized carbons (Fsp3) is 0.421. The molecular weight excluding hydrogens is 323 g/mol. The minimum absolute atomic E-state index is 0.0680. The summed E-state index contributed by atoms with van der Waals surface area (Å²) in [7, 11) is 0. The highest BCUT2D eigenvalue weighted by molar-refractivity contribution is 7.90. The molecule has 0 saturated heterocycles. The Morgan fingerprint density at radius 2 is 1.71 bits per heavy atom. The van der Waals surface area contributed by atoms with Gasteiger partial charge in [-0.25, -0.2) is 4.98 Å². The van der Waals surface area contributed by atoms with E-state index in [1.807, 2.05) is 71.0 Å². The molecule has 0 fully saturated rings. The van der Waals surface area contributed by atoms with E-state index in [2.05, 4.69) is 9.71 Å². The van der Waals surface area contributed by atoms with Crippen LogP contribution in [0.25, 0.3) is 0 Å². The monoisotopic (exact) mass is 348 g/mol. The van der Waals surface area contributed by atoms with Crippen LogP contribution in [0.15, 0.2) is 42.5 Å². The van der Waals surface area contributed by atoms with E-state index >= 15 is 0 Å². The summed E-state index contributed by atoms with van der Waals surface area (Å²) in [5.41, 5.74) is 2.02. The van der Waals surface area contributed by atoms with E-state index in [0.717, 1.165) is 5.56 Å². The third-order valence-corrected chi connectivity index (χ3v) is 5.29. The van der Waals surface area contributed by atoms with Crippen molar-refractivity contribution >= 4 is 11.4 Å². The quantitative estimate of drug-likeness (QED) is 0.640. The average molecular weight is 348 g/mol. The predicted molar refractivity (Wildman–Crippen MR) is 97.6 cm³/mol. The SMILES string of the molecule is CC(C)c1ccc([C@@H](N[S+]([O-])C(C)(C)C)c2ccccc2)nc1F. The van der Waals surface area contributed by atoms with Crippen molar-refractivity contribution < 1.29 is 8.94 Å². The number of aromatic nitrogens is 1. The van der Waals surface area contributed by atoms with E-state index < -0.39 is 28.1 Å². The van der Waals surface area contributed by atoms with Crippen molar-refractivity contribution in [2.24, 2.45) is 0 Å². The molecule has 1 aromatic heterocycles. The van der Waals surface area contributed by atoms with Crippen molar-refractivity contribution in [2.75, 3.05) is 0 Å². The Bertz CT molecular complexity index is 671. The van der Waals surface area contributed by atoms with Crippen molar-refractivity contribution in [3.05, 3.63) is 65.2 Å². The highest BCUT2D eigenvalue weighted by atomic mass is 32.2. The number of halogens is 1. The molecule has 1 N–H and O–H groups in total. The minimum atomic E-state index is -1.30. The van der Waals surface area contributed by atoms with Crippen LogP contribution in [0, 0.1) is 5.95 Å². The summed E-state index contributed by atoms with van der Waals surface area (Å²) in [6.07, 6.45) is 0. The Morgan fingerprint density at radius 1 is 1.08 bits per heavy atom. The van der Waals surface area contributed by atoms with Gasteiger partial charge in [0.25, 0.3) is 0 Å². The molecule has 0 spiro atoms. The number of nitrogens with one attached hydrogen (secondary N) is 1. The normalized spacial score (nSPS) is 14.7. The summed E-state index contributed by atoms with van der Waals surface area (Å²) >= 11 is -1.30. The average Bonchev–Trinajstić information content (AvgIpc) is 2.51. The third-order valence-electron chi connectivity index (χ3n) is 3.73. The molecular formula is C19H25FN2OS. The second kappa shape index (κ2) is 7.64. The molecule has 3 nitrogen and oxygen atoms in total. The minimum Gasteiger partial charge on any atom is -0.598 e. The zero-order valence-corrected chi connectivity index (χ0v) is 15.7. The van der Waals surface area contributed by atoms with Crippen LogP contribution in [0.2, 0.25) is 0 Å². The molecule has 0 aliphatic heterocycles. The van der Waals surface area contributed by atoms with Crippen molar-refractivity contribution in [3.63, 3.8) is 0 Å². The maximum atomic E-state index is 14.3. The van der Waals surface area contributed by atoms with Gasteiger partial charge < -0.3 is 4.55 Å². The maximum Gasteiger partial charge on any atom is 0.216 e. The topological polar surface area (TPSA) is 48.0 Å². The summed E-state index contributed by atoms with van der Waals surface area (Å²) in [6.45, 7) is 9.55. The molecule has 5 heteroatoms. The summed E-state index contributed by atoms with van der Waals surface area (Å²) in [6, 6.07) is 12.7. The fourth-order valence-corrected chi connectivity index (χ4v) is 3.10. The Morgan fingerprint density at radius 3 is 2.21 bits per heavy atom. The van der Waals surface area contributed by atoms with Gasteiger partial charge in [0, 0.05) is 16.9 Å². The number of hydrogen-bond donors (Lipinski definition) is 1. The zero-order chi connectivity index (χ0) is 17.9. The van der Waals surface area contributed by atoms with Crippen LogP contribution < -0.4 is 4.72 Å².